The lowest BCUT2D eigenvalue weighted by Gasteiger charge is -2.13. The number of esters is 1. The second-order valence-corrected chi connectivity index (χ2v) is 6.13. The van der Waals surface area contributed by atoms with Crippen LogP contribution >= 0.6 is 11.8 Å². The van der Waals surface area contributed by atoms with Crippen LogP contribution in [0.4, 0.5) is 5.69 Å². The van der Waals surface area contributed by atoms with Crippen LogP contribution in [0.15, 0.2) is 47.4 Å². The van der Waals surface area contributed by atoms with Crippen LogP contribution in [0.2, 0.25) is 0 Å². The van der Waals surface area contributed by atoms with Gasteiger partial charge in [-0.15, -0.1) is 11.8 Å². The van der Waals surface area contributed by atoms with E-state index < -0.39 is 17.0 Å². The number of carbonyl (C=O) groups is 2. The van der Waals surface area contributed by atoms with Crippen molar-refractivity contribution in [2.24, 2.45) is 0 Å². The minimum atomic E-state index is -1.03. The summed E-state index contributed by atoms with van der Waals surface area (Å²) in [6.45, 7) is 1.45. The third-order valence-corrected chi connectivity index (χ3v) is 4.42. The normalized spacial score (nSPS) is 11.5. The van der Waals surface area contributed by atoms with Gasteiger partial charge in [0, 0.05) is 11.6 Å². The first-order valence-corrected chi connectivity index (χ1v) is 8.81. The molecule has 2 rings (SSSR count). The predicted molar refractivity (Wildman–Crippen MR) is 97.1 cm³/mol. The summed E-state index contributed by atoms with van der Waals surface area (Å²) < 4.78 is 10.2. The van der Waals surface area contributed by atoms with Crippen molar-refractivity contribution in [2.75, 3.05) is 13.4 Å². The Morgan fingerprint density at radius 1 is 1.12 bits per heavy atom. The number of ether oxygens (including phenoxy) is 2. The van der Waals surface area contributed by atoms with E-state index >= 15 is 0 Å². The van der Waals surface area contributed by atoms with Crippen LogP contribution in [0.3, 0.4) is 0 Å². The highest BCUT2D eigenvalue weighted by Crippen LogP contribution is 2.28. The molecule has 2 aromatic rings. The van der Waals surface area contributed by atoms with E-state index in [2.05, 4.69) is 0 Å². The number of methoxy groups -OCH3 is 1. The molecule has 0 aromatic heterocycles. The first-order valence-electron chi connectivity index (χ1n) is 7.59. The summed E-state index contributed by atoms with van der Waals surface area (Å²) >= 11 is 1.21. The largest absolute Gasteiger partial charge is 0.497 e. The first-order chi connectivity index (χ1) is 12.4. The number of Topliss-reactive ketones (excluding diaryl/α,β-unsaturated/α-hetero) is 1. The summed E-state index contributed by atoms with van der Waals surface area (Å²) in [7, 11) is 1.52. The second kappa shape index (κ2) is 8.48. The maximum atomic E-state index is 12.4. The SMILES string of the molecule is COc1ccc(C(=O)[C@@H](C)OC(=O)c2ccc(SC)c([N+](=O)[O-])c2)cc1. The Morgan fingerprint density at radius 3 is 2.27 bits per heavy atom. The lowest BCUT2D eigenvalue weighted by molar-refractivity contribution is -0.387. The lowest BCUT2D eigenvalue weighted by Crippen LogP contribution is -2.24. The number of carbonyl (C=O) groups excluding carboxylic acids is 2. The maximum Gasteiger partial charge on any atom is 0.339 e. The first kappa shape index (κ1) is 19.5. The van der Waals surface area contributed by atoms with Crippen molar-refractivity contribution < 1.29 is 24.0 Å². The van der Waals surface area contributed by atoms with E-state index in [1.165, 1.54) is 37.9 Å². The van der Waals surface area contributed by atoms with Crippen LogP contribution in [-0.2, 0) is 4.74 Å². The maximum absolute atomic E-state index is 12.4. The van der Waals surface area contributed by atoms with Gasteiger partial charge in [0.15, 0.2) is 6.10 Å². The Labute approximate surface area is 154 Å². The molecule has 136 valence electrons. The predicted octanol–water partition coefficient (Wildman–Crippen LogP) is 3.75. The molecule has 0 aliphatic carbocycles. The van der Waals surface area contributed by atoms with Crippen LogP contribution < -0.4 is 4.74 Å². The minimum absolute atomic E-state index is 0.0175. The summed E-state index contributed by atoms with van der Waals surface area (Å²) in [5.74, 6) is -0.571. The summed E-state index contributed by atoms with van der Waals surface area (Å²) in [6, 6.07) is 10.5. The second-order valence-electron chi connectivity index (χ2n) is 5.28. The quantitative estimate of drug-likeness (QED) is 0.239. The fraction of sp³-hybridized carbons (Fsp3) is 0.222. The molecule has 26 heavy (non-hydrogen) atoms. The number of ketones is 1. The molecule has 0 fully saturated rings. The van der Waals surface area contributed by atoms with E-state index in [1.807, 2.05) is 0 Å². The van der Waals surface area contributed by atoms with Gasteiger partial charge in [-0.3, -0.25) is 14.9 Å². The Kier molecular flexibility index (Phi) is 6.35. The van der Waals surface area contributed by atoms with Crippen molar-refractivity contribution >= 4 is 29.2 Å². The lowest BCUT2D eigenvalue weighted by atomic mass is 10.1. The van der Waals surface area contributed by atoms with Gasteiger partial charge in [-0.25, -0.2) is 4.79 Å². The van der Waals surface area contributed by atoms with Gasteiger partial charge >= 0.3 is 5.97 Å². The fourth-order valence-electron chi connectivity index (χ4n) is 2.23. The highest BCUT2D eigenvalue weighted by atomic mass is 32.2. The molecule has 7 nitrogen and oxygen atoms in total. The monoisotopic (exact) mass is 375 g/mol. The summed E-state index contributed by atoms with van der Waals surface area (Å²) in [5.41, 5.74) is 0.208. The van der Waals surface area contributed by atoms with Gasteiger partial charge < -0.3 is 9.47 Å². The molecular formula is C18H17NO6S. The van der Waals surface area contributed by atoms with E-state index in [0.717, 1.165) is 6.07 Å². The summed E-state index contributed by atoms with van der Waals surface area (Å²) in [5, 5.41) is 11.1. The molecule has 0 spiro atoms. The van der Waals surface area contributed by atoms with Gasteiger partial charge in [-0.1, -0.05) is 0 Å². The average molecular weight is 375 g/mol. The molecule has 0 aliphatic heterocycles. The third kappa shape index (κ3) is 4.40. The zero-order valence-corrected chi connectivity index (χ0v) is 15.2. The standard InChI is InChI=1S/C18H17NO6S/c1-11(17(20)12-4-7-14(24-2)8-5-12)25-18(21)13-6-9-16(26-3)15(10-13)19(22)23/h4-11H,1-3H3/t11-/m1/s1. The minimum Gasteiger partial charge on any atom is -0.497 e. The van der Waals surface area contributed by atoms with Gasteiger partial charge in [-0.2, -0.15) is 0 Å². The highest BCUT2D eigenvalue weighted by Gasteiger charge is 2.23. The Balaban J connectivity index is 2.14. The molecule has 0 bridgehead atoms. The Morgan fingerprint density at radius 2 is 1.73 bits per heavy atom. The van der Waals surface area contributed by atoms with Crippen LogP contribution in [0, 0.1) is 10.1 Å². The van der Waals surface area contributed by atoms with Gasteiger partial charge in [0.05, 0.1) is 22.5 Å². The Bertz CT molecular complexity index is 834. The van der Waals surface area contributed by atoms with Gasteiger partial charge in [0.1, 0.15) is 5.75 Å². The smallest absolute Gasteiger partial charge is 0.339 e. The zero-order valence-electron chi connectivity index (χ0n) is 14.4. The molecule has 0 N–H and O–H groups in total. The van der Waals surface area contributed by atoms with Crippen molar-refractivity contribution in [3.8, 4) is 5.75 Å². The number of nitro groups is 1. The molecule has 0 saturated heterocycles. The van der Waals surface area contributed by atoms with E-state index in [4.69, 9.17) is 9.47 Å². The van der Waals surface area contributed by atoms with E-state index in [1.54, 1.807) is 30.5 Å². The fourth-order valence-corrected chi connectivity index (χ4v) is 2.78. The van der Waals surface area contributed by atoms with E-state index in [9.17, 15) is 19.7 Å². The highest BCUT2D eigenvalue weighted by molar-refractivity contribution is 7.98. The van der Waals surface area contributed by atoms with Crippen LogP contribution in [0.5, 0.6) is 5.75 Å². The Hall–Kier alpha value is -2.87. The molecule has 0 heterocycles. The summed E-state index contributed by atoms with van der Waals surface area (Å²) in [6.07, 6.45) is 0.672. The van der Waals surface area contributed by atoms with Gasteiger partial charge in [-0.05, 0) is 49.6 Å². The zero-order chi connectivity index (χ0) is 19.3. The number of hydrogen-bond acceptors (Lipinski definition) is 7. The summed E-state index contributed by atoms with van der Waals surface area (Å²) in [4.78, 5) is 35.6. The van der Waals surface area contributed by atoms with E-state index in [0.29, 0.717) is 16.2 Å². The van der Waals surface area contributed by atoms with Crippen LogP contribution in [0.1, 0.15) is 27.6 Å². The third-order valence-electron chi connectivity index (χ3n) is 3.64. The van der Waals surface area contributed by atoms with E-state index in [-0.39, 0.29) is 17.0 Å². The van der Waals surface area contributed by atoms with Gasteiger partial charge in [0.2, 0.25) is 5.78 Å². The van der Waals surface area contributed by atoms with Crippen molar-refractivity contribution in [3.05, 3.63) is 63.7 Å². The molecule has 0 radical (unpaired) electrons. The molecule has 0 amide bonds. The van der Waals surface area contributed by atoms with Gasteiger partial charge in [0.25, 0.3) is 5.69 Å². The van der Waals surface area contributed by atoms with Crippen LogP contribution in [0.25, 0.3) is 0 Å². The molecule has 8 heteroatoms. The average Bonchev–Trinajstić information content (AvgIpc) is 2.66. The molecule has 2 aromatic carbocycles. The number of nitro benzene ring substituents is 1. The number of hydrogen-bond donors (Lipinski definition) is 0. The molecular weight excluding hydrogens is 358 g/mol. The molecule has 1 atom stereocenters. The van der Waals surface area contributed by atoms with Crippen molar-refractivity contribution in [2.45, 2.75) is 17.9 Å². The van der Waals surface area contributed by atoms with Crippen molar-refractivity contribution in [3.63, 3.8) is 0 Å². The number of rotatable bonds is 7. The number of nitrogens with zero attached hydrogens (tertiary/aromatic N) is 1. The van der Waals surface area contributed by atoms with Crippen molar-refractivity contribution in [1.82, 2.24) is 0 Å². The van der Waals surface area contributed by atoms with Crippen molar-refractivity contribution in [1.29, 1.82) is 0 Å². The number of benzene rings is 2. The molecule has 0 saturated carbocycles. The molecule has 0 unspecified atom stereocenters. The number of thioether (sulfide) groups is 1. The molecule has 0 aliphatic rings. The topological polar surface area (TPSA) is 95.7 Å². The van der Waals surface area contributed by atoms with Crippen LogP contribution in [-0.4, -0.2) is 36.1 Å².